The highest BCUT2D eigenvalue weighted by Crippen LogP contribution is 2.55. The summed E-state index contributed by atoms with van der Waals surface area (Å²) in [6.07, 6.45) is 1.11. The SMILES string of the molecule is CC1(C)C(NC(=O)c2ccc(N3CC[C@H](CN4CCN(c5ccc6c(c5)C(=O)N([C@@H]5CCC(=O)NC5=O)C6=O)CC4)C3)cc2)C(C)(C)C1Oc1ccc(C#N)c(Cl)c1. The second kappa shape index (κ2) is 15.1. The first-order chi connectivity index (χ1) is 27.6. The fourth-order valence-electron chi connectivity index (χ4n) is 10.1. The zero-order valence-corrected chi connectivity index (χ0v) is 34.0. The van der Waals surface area contributed by atoms with E-state index < -0.39 is 29.7 Å². The molecule has 13 nitrogen and oxygen atoms in total. The molecule has 0 bridgehead atoms. The molecule has 1 aliphatic carbocycles. The smallest absolute Gasteiger partial charge is 0.262 e. The number of ether oxygens (including phenoxy) is 1. The molecule has 0 aromatic heterocycles. The van der Waals surface area contributed by atoms with Gasteiger partial charge in [0, 0.05) is 92.1 Å². The van der Waals surface area contributed by atoms with Gasteiger partial charge in [0.05, 0.1) is 21.7 Å². The van der Waals surface area contributed by atoms with Gasteiger partial charge in [-0.2, -0.15) is 5.26 Å². The van der Waals surface area contributed by atoms with E-state index in [0.29, 0.717) is 33.4 Å². The lowest BCUT2D eigenvalue weighted by Crippen LogP contribution is -2.74. The van der Waals surface area contributed by atoms with E-state index in [1.54, 1.807) is 30.3 Å². The van der Waals surface area contributed by atoms with Gasteiger partial charge in [-0.3, -0.25) is 39.1 Å². The monoisotopic (exact) mass is 805 g/mol. The highest BCUT2D eigenvalue weighted by Gasteiger charge is 2.64. The molecule has 8 rings (SSSR count). The Balaban J connectivity index is 0.809. The summed E-state index contributed by atoms with van der Waals surface area (Å²) in [5, 5.41) is 15.1. The predicted molar refractivity (Wildman–Crippen MR) is 218 cm³/mol. The summed E-state index contributed by atoms with van der Waals surface area (Å²) < 4.78 is 6.38. The molecule has 5 aliphatic rings. The molecule has 4 fully saturated rings. The maximum absolute atomic E-state index is 13.5. The Kier molecular flexibility index (Phi) is 10.2. The Bertz CT molecular complexity index is 2210. The Labute approximate surface area is 343 Å². The highest BCUT2D eigenvalue weighted by molar-refractivity contribution is 6.31. The van der Waals surface area contributed by atoms with Crippen LogP contribution in [0, 0.1) is 28.1 Å². The molecule has 0 spiro atoms. The molecular formula is C44H48ClN7O6. The van der Waals surface area contributed by atoms with Gasteiger partial charge in [-0.1, -0.05) is 39.3 Å². The number of anilines is 2. The maximum atomic E-state index is 13.5. The van der Waals surface area contributed by atoms with Gasteiger partial charge in [-0.05, 0) is 73.4 Å². The second-order valence-corrected chi connectivity index (χ2v) is 17.8. The molecule has 4 aliphatic heterocycles. The zero-order chi connectivity index (χ0) is 41.1. The maximum Gasteiger partial charge on any atom is 0.262 e. The van der Waals surface area contributed by atoms with Crippen LogP contribution < -0.4 is 25.2 Å². The summed E-state index contributed by atoms with van der Waals surface area (Å²) in [5.41, 5.74) is 2.85. The first-order valence-electron chi connectivity index (χ1n) is 20.0. The van der Waals surface area contributed by atoms with Crippen molar-refractivity contribution in [2.24, 2.45) is 16.7 Å². The van der Waals surface area contributed by atoms with Gasteiger partial charge >= 0.3 is 0 Å². The molecular weight excluding hydrogens is 758 g/mol. The molecule has 3 aromatic carbocycles. The van der Waals surface area contributed by atoms with Crippen molar-refractivity contribution in [2.75, 3.05) is 55.6 Å². The minimum atomic E-state index is -0.979. The Morgan fingerprint density at radius 1 is 0.862 bits per heavy atom. The summed E-state index contributed by atoms with van der Waals surface area (Å²) >= 11 is 6.25. The number of carbonyl (C=O) groups is 5. The molecule has 0 radical (unpaired) electrons. The molecule has 3 saturated heterocycles. The summed E-state index contributed by atoms with van der Waals surface area (Å²) in [7, 11) is 0. The van der Waals surface area contributed by atoms with Crippen LogP contribution in [0.4, 0.5) is 11.4 Å². The number of fused-ring (bicyclic) bond motifs is 1. The van der Waals surface area contributed by atoms with E-state index in [4.69, 9.17) is 16.3 Å². The third kappa shape index (κ3) is 7.06. The predicted octanol–water partition coefficient (Wildman–Crippen LogP) is 4.87. The van der Waals surface area contributed by atoms with E-state index in [1.165, 1.54) is 0 Å². The molecule has 14 heteroatoms. The van der Waals surface area contributed by atoms with Gasteiger partial charge in [-0.25, -0.2) is 0 Å². The van der Waals surface area contributed by atoms with Crippen LogP contribution in [-0.4, -0.2) is 103 Å². The standard InChI is InChI=1S/C44H48ClN7O6/c1-43(2)41(44(3,4)42(43)58-31-11-7-28(23-46)34(45)22-31)48-37(54)27-5-8-29(9-6-27)51-16-15-26(25-51)24-49-17-19-50(20-18-49)30-10-12-32-33(21-30)40(57)52(39(32)56)35-13-14-36(53)47-38(35)55/h5-12,21-22,26,35,41-42H,13-20,24-25H2,1-4H3,(H,48,54)(H,47,53,55)/t26-,35-,41?,42?/m1/s1. The van der Waals surface area contributed by atoms with Crippen molar-refractivity contribution in [3.63, 3.8) is 0 Å². The fourth-order valence-corrected chi connectivity index (χ4v) is 10.3. The van der Waals surface area contributed by atoms with E-state index >= 15 is 0 Å². The van der Waals surface area contributed by atoms with Crippen LogP contribution >= 0.6 is 11.6 Å². The minimum Gasteiger partial charge on any atom is -0.489 e. The third-order valence-corrected chi connectivity index (χ3v) is 13.2. The zero-order valence-electron chi connectivity index (χ0n) is 33.2. The minimum absolute atomic E-state index is 0.0871. The summed E-state index contributed by atoms with van der Waals surface area (Å²) in [5.74, 6) is -1.01. The Hall–Kier alpha value is -5.45. The topological polar surface area (TPSA) is 155 Å². The van der Waals surface area contributed by atoms with Crippen molar-refractivity contribution in [3.8, 4) is 11.8 Å². The lowest BCUT2D eigenvalue weighted by Gasteiger charge is -2.63. The quantitative estimate of drug-likeness (QED) is 0.286. The van der Waals surface area contributed by atoms with Crippen LogP contribution in [-0.2, 0) is 9.59 Å². The molecule has 3 aromatic rings. The van der Waals surface area contributed by atoms with Crippen LogP contribution in [0.1, 0.15) is 83.6 Å². The number of nitriles is 1. The van der Waals surface area contributed by atoms with Crippen molar-refractivity contribution < 1.29 is 28.7 Å². The number of hydrogen-bond donors (Lipinski definition) is 2. The van der Waals surface area contributed by atoms with Crippen LogP contribution in [0.25, 0.3) is 0 Å². The van der Waals surface area contributed by atoms with E-state index in [9.17, 15) is 29.2 Å². The van der Waals surface area contributed by atoms with Crippen molar-refractivity contribution >= 4 is 52.5 Å². The largest absolute Gasteiger partial charge is 0.489 e. The summed E-state index contributed by atoms with van der Waals surface area (Å²) in [6.45, 7) is 14.6. The van der Waals surface area contributed by atoms with E-state index in [1.807, 2.05) is 30.3 Å². The fraction of sp³-hybridized carbons (Fsp3) is 0.455. The Morgan fingerprint density at radius 3 is 2.22 bits per heavy atom. The molecule has 302 valence electrons. The molecule has 4 heterocycles. The lowest BCUT2D eigenvalue weighted by molar-refractivity contribution is -0.164. The average Bonchev–Trinajstić information content (AvgIpc) is 3.77. The first kappa shape index (κ1) is 39.4. The molecule has 58 heavy (non-hydrogen) atoms. The average molecular weight is 806 g/mol. The van der Waals surface area contributed by atoms with Gasteiger partial charge in [-0.15, -0.1) is 0 Å². The number of benzene rings is 3. The number of piperazine rings is 1. The number of hydrogen-bond acceptors (Lipinski definition) is 10. The van der Waals surface area contributed by atoms with Gasteiger partial charge < -0.3 is 19.9 Å². The van der Waals surface area contributed by atoms with Gasteiger partial charge in [0.25, 0.3) is 17.7 Å². The number of piperidine rings is 1. The Morgan fingerprint density at radius 2 is 1.55 bits per heavy atom. The van der Waals surface area contributed by atoms with Crippen molar-refractivity contribution in [1.82, 2.24) is 20.4 Å². The molecule has 2 N–H and O–H groups in total. The molecule has 2 atom stereocenters. The number of carbonyl (C=O) groups excluding carboxylic acids is 5. The van der Waals surface area contributed by atoms with E-state index in [0.717, 1.165) is 68.5 Å². The number of halogens is 1. The second-order valence-electron chi connectivity index (χ2n) is 17.4. The van der Waals surface area contributed by atoms with Crippen LogP contribution in [0.5, 0.6) is 5.75 Å². The normalized spacial score (nSPS) is 25.2. The first-order valence-corrected chi connectivity index (χ1v) is 20.4. The summed E-state index contributed by atoms with van der Waals surface area (Å²) in [4.78, 5) is 72.2. The number of nitrogens with one attached hydrogen (secondary N) is 2. The summed E-state index contributed by atoms with van der Waals surface area (Å²) in [6, 6.07) is 19.2. The van der Waals surface area contributed by atoms with Crippen LogP contribution in [0.15, 0.2) is 60.7 Å². The van der Waals surface area contributed by atoms with Gasteiger partial charge in [0.1, 0.15) is 24.0 Å². The van der Waals surface area contributed by atoms with Crippen molar-refractivity contribution in [2.45, 2.75) is 65.1 Å². The van der Waals surface area contributed by atoms with Crippen LogP contribution in [0.2, 0.25) is 5.02 Å². The van der Waals surface area contributed by atoms with E-state index in [-0.39, 0.29) is 47.3 Å². The number of imide groups is 2. The number of amides is 5. The molecule has 5 amide bonds. The number of nitrogens with zero attached hydrogens (tertiary/aromatic N) is 5. The molecule has 1 saturated carbocycles. The molecule has 0 unspecified atom stereocenters. The number of rotatable bonds is 9. The van der Waals surface area contributed by atoms with Crippen LogP contribution in [0.3, 0.4) is 0 Å². The van der Waals surface area contributed by atoms with E-state index in [2.05, 4.69) is 59.1 Å². The van der Waals surface area contributed by atoms with Gasteiger partial charge in [0.15, 0.2) is 0 Å². The highest BCUT2D eigenvalue weighted by atomic mass is 35.5. The third-order valence-electron chi connectivity index (χ3n) is 12.9. The lowest BCUT2D eigenvalue weighted by atomic mass is 9.49. The van der Waals surface area contributed by atoms with Crippen molar-refractivity contribution in [1.29, 1.82) is 5.26 Å². The van der Waals surface area contributed by atoms with Gasteiger partial charge in [0.2, 0.25) is 11.8 Å². The van der Waals surface area contributed by atoms with Crippen molar-refractivity contribution in [3.05, 3.63) is 87.9 Å².